The van der Waals surface area contributed by atoms with Gasteiger partial charge in [0.2, 0.25) is 0 Å². The second-order valence-electron chi connectivity index (χ2n) is 6.01. The maximum atomic E-state index is 12.1. The van der Waals surface area contributed by atoms with Crippen LogP contribution in [0.2, 0.25) is 0 Å². The van der Waals surface area contributed by atoms with Gasteiger partial charge in [0.1, 0.15) is 0 Å². The molecule has 1 aliphatic rings. The van der Waals surface area contributed by atoms with E-state index in [2.05, 4.69) is 19.2 Å². The summed E-state index contributed by atoms with van der Waals surface area (Å²) >= 11 is 1.52. The number of nitrogen functional groups attached to an aromatic ring is 1. The molecule has 1 aromatic heterocycles. The number of benzene rings is 1. The molecule has 100 valence electrons. The van der Waals surface area contributed by atoms with Gasteiger partial charge in [-0.2, -0.15) is 0 Å². The Bertz CT molecular complexity index is 645. The number of hydrogen-bond acceptors (Lipinski definition) is 3. The van der Waals surface area contributed by atoms with Gasteiger partial charge < -0.3 is 11.1 Å². The Morgan fingerprint density at radius 1 is 1.47 bits per heavy atom. The molecular formula is C15H18N2OS. The van der Waals surface area contributed by atoms with Crippen molar-refractivity contribution in [2.24, 2.45) is 11.3 Å². The smallest absolute Gasteiger partial charge is 0.261 e. The van der Waals surface area contributed by atoms with E-state index >= 15 is 0 Å². The van der Waals surface area contributed by atoms with Crippen LogP contribution in [0.25, 0.3) is 10.1 Å². The van der Waals surface area contributed by atoms with Gasteiger partial charge in [0.05, 0.1) is 4.88 Å². The first-order chi connectivity index (χ1) is 8.95. The second kappa shape index (κ2) is 4.23. The predicted molar refractivity (Wildman–Crippen MR) is 80.5 cm³/mol. The molecule has 19 heavy (non-hydrogen) atoms. The minimum Gasteiger partial charge on any atom is -0.399 e. The Kier molecular flexibility index (Phi) is 2.78. The monoisotopic (exact) mass is 274 g/mol. The highest BCUT2D eigenvalue weighted by Crippen LogP contribution is 2.51. The van der Waals surface area contributed by atoms with Crippen LogP contribution in [-0.4, -0.2) is 12.5 Å². The Morgan fingerprint density at radius 3 is 2.89 bits per heavy atom. The SMILES string of the molecule is CC1(C)CC1CNC(=O)c1cc2cc(N)ccc2s1. The highest BCUT2D eigenvalue weighted by atomic mass is 32.1. The molecule has 1 saturated carbocycles. The summed E-state index contributed by atoms with van der Waals surface area (Å²) in [7, 11) is 0. The van der Waals surface area contributed by atoms with Gasteiger partial charge in [-0.3, -0.25) is 4.79 Å². The molecular weight excluding hydrogens is 256 g/mol. The molecule has 1 atom stereocenters. The minimum absolute atomic E-state index is 0.0301. The van der Waals surface area contributed by atoms with Gasteiger partial charge in [-0.15, -0.1) is 11.3 Å². The van der Waals surface area contributed by atoms with Crippen molar-refractivity contribution >= 4 is 33.0 Å². The summed E-state index contributed by atoms with van der Waals surface area (Å²) in [5.74, 6) is 0.656. The summed E-state index contributed by atoms with van der Waals surface area (Å²) in [6.45, 7) is 5.26. The summed E-state index contributed by atoms with van der Waals surface area (Å²) in [4.78, 5) is 12.9. The molecule has 1 fully saturated rings. The summed E-state index contributed by atoms with van der Waals surface area (Å²) in [5.41, 5.74) is 6.89. The van der Waals surface area contributed by atoms with Crippen LogP contribution in [-0.2, 0) is 0 Å². The fourth-order valence-corrected chi connectivity index (χ4v) is 3.36. The number of amides is 1. The molecule has 4 heteroatoms. The molecule has 3 nitrogen and oxygen atoms in total. The van der Waals surface area contributed by atoms with E-state index in [4.69, 9.17) is 5.73 Å². The maximum absolute atomic E-state index is 12.1. The van der Waals surface area contributed by atoms with E-state index in [1.807, 2.05) is 24.3 Å². The van der Waals surface area contributed by atoms with Gasteiger partial charge in [-0.25, -0.2) is 0 Å². The molecule has 0 spiro atoms. The molecule has 1 heterocycles. The van der Waals surface area contributed by atoms with Crippen molar-refractivity contribution in [3.63, 3.8) is 0 Å². The van der Waals surface area contributed by atoms with E-state index in [-0.39, 0.29) is 5.91 Å². The first-order valence-corrected chi connectivity index (χ1v) is 7.35. The third kappa shape index (κ3) is 2.45. The van der Waals surface area contributed by atoms with Crippen LogP contribution < -0.4 is 11.1 Å². The zero-order valence-corrected chi connectivity index (χ0v) is 12.0. The minimum atomic E-state index is 0.0301. The van der Waals surface area contributed by atoms with E-state index in [0.717, 1.165) is 27.2 Å². The van der Waals surface area contributed by atoms with Crippen molar-refractivity contribution in [1.29, 1.82) is 0 Å². The van der Waals surface area contributed by atoms with E-state index in [0.29, 0.717) is 11.3 Å². The zero-order chi connectivity index (χ0) is 13.6. The largest absolute Gasteiger partial charge is 0.399 e. The predicted octanol–water partition coefficient (Wildman–Crippen LogP) is 3.26. The number of carbonyl (C=O) groups excluding carboxylic acids is 1. The number of nitrogens with one attached hydrogen (secondary N) is 1. The molecule has 1 aliphatic carbocycles. The summed E-state index contributed by atoms with van der Waals surface area (Å²) < 4.78 is 1.10. The lowest BCUT2D eigenvalue weighted by atomic mass is 10.1. The molecule has 3 N–H and O–H groups in total. The fourth-order valence-electron chi connectivity index (χ4n) is 2.40. The quantitative estimate of drug-likeness (QED) is 0.844. The topological polar surface area (TPSA) is 55.1 Å². The van der Waals surface area contributed by atoms with Gasteiger partial charge in [0, 0.05) is 16.9 Å². The van der Waals surface area contributed by atoms with E-state index < -0.39 is 0 Å². The number of anilines is 1. The Balaban J connectivity index is 1.71. The van der Waals surface area contributed by atoms with Crippen molar-refractivity contribution in [2.75, 3.05) is 12.3 Å². The van der Waals surface area contributed by atoms with Crippen LogP contribution in [0.3, 0.4) is 0 Å². The first kappa shape index (κ1) is 12.5. The van der Waals surface area contributed by atoms with Crippen molar-refractivity contribution in [2.45, 2.75) is 20.3 Å². The van der Waals surface area contributed by atoms with Crippen molar-refractivity contribution in [3.05, 3.63) is 29.1 Å². The van der Waals surface area contributed by atoms with Crippen LogP contribution in [0.1, 0.15) is 29.9 Å². The zero-order valence-electron chi connectivity index (χ0n) is 11.2. The van der Waals surface area contributed by atoms with E-state index in [1.165, 1.54) is 17.8 Å². The van der Waals surface area contributed by atoms with Crippen molar-refractivity contribution in [1.82, 2.24) is 5.32 Å². The normalized spacial score (nSPS) is 20.4. The Morgan fingerprint density at radius 2 is 2.21 bits per heavy atom. The van der Waals surface area contributed by atoms with Crippen molar-refractivity contribution < 1.29 is 4.79 Å². The maximum Gasteiger partial charge on any atom is 0.261 e. The number of carbonyl (C=O) groups is 1. The summed E-state index contributed by atoms with van der Waals surface area (Å²) in [6, 6.07) is 7.67. The molecule has 0 radical (unpaired) electrons. The number of rotatable bonds is 3. The van der Waals surface area contributed by atoms with E-state index in [9.17, 15) is 4.79 Å². The van der Waals surface area contributed by atoms with Crippen LogP contribution >= 0.6 is 11.3 Å². The molecule has 0 bridgehead atoms. The highest BCUT2D eigenvalue weighted by Gasteiger charge is 2.45. The molecule has 3 rings (SSSR count). The summed E-state index contributed by atoms with van der Waals surface area (Å²) in [6.07, 6.45) is 1.20. The standard InChI is InChI=1S/C15H18N2OS/c1-15(2)7-10(15)8-17-14(18)13-6-9-5-11(16)3-4-12(9)19-13/h3-6,10H,7-8,16H2,1-2H3,(H,17,18). The number of hydrogen-bond donors (Lipinski definition) is 2. The average Bonchev–Trinajstić information content (AvgIpc) is 2.78. The fraction of sp³-hybridized carbons (Fsp3) is 0.400. The second-order valence-corrected chi connectivity index (χ2v) is 7.09. The molecule has 0 saturated heterocycles. The lowest BCUT2D eigenvalue weighted by Gasteiger charge is -2.04. The lowest BCUT2D eigenvalue weighted by Crippen LogP contribution is -2.25. The van der Waals surface area contributed by atoms with Gasteiger partial charge in [-0.05, 0) is 47.4 Å². The Hall–Kier alpha value is -1.55. The molecule has 1 amide bonds. The van der Waals surface area contributed by atoms with E-state index in [1.54, 1.807) is 0 Å². The van der Waals surface area contributed by atoms with Gasteiger partial charge >= 0.3 is 0 Å². The third-order valence-electron chi connectivity index (χ3n) is 3.99. The van der Waals surface area contributed by atoms with Gasteiger partial charge in [-0.1, -0.05) is 13.8 Å². The first-order valence-electron chi connectivity index (χ1n) is 6.53. The van der Waals surface area contributed by atoms with Crippen LogP contribution in [0.5, 0.6) is 0 Å². The molecule has 1 unspecified atom stereocenters. The Labute approximate surface area is 116 Å². The number of nitrogens with two attached hydrogens (primary N) is 1. The van der Waals surface area contributed by atoms with Gasteiger partial charge in [0.15, 0.2) is 0 Å². The highest BCUT2D eigenvalue weighted by molar-refractivity contribution is 7.20. The lowest BCUT2D eigenvalue weighted by molar-refractivity contribution is 0.0954. The summed E-state index contributed by atoms with van der Waals surface area (Å²) in [5, 5.41) is 4.08. The van der Waals surface area contributed by atoms with Crippen LogP contribution in [0.15, 0.2) is 24.3 Å². The van der Waals surface area contributed by atoms with Gasteiger partial charge in [0.25, 0.3) is 5.91 Å². The molecule has 0 aliphatic heterocycles. The number of thiophene rings is 1. The molecule has 2 aromatic rings. The third-order valence-corrected chi connectivity index (χ3v) is 5.11. The average molecular weight is 274 g/mol. The number of fused-ring (bicyclic) bond motifs is 1. The van der Waals surface area contributed by atoms with Crippen molar-refractivity contribution in [3.8, 4) is 0 Å². The molecule has 1 aromatic carbocycles. The van der Waals surface area contributed by atoms with Crippen LogP contribution in [0, 0.1) is 11.3 Å². The van der Waals surface area contributed by atoms with Crippen LogP contribution in [0.4, 0.5) is 5.69 Å².